The van der Waals surface area contributed by atoms with Gasteiger partial charge in [-0.15, -0.1) is 10.2 Å². The number of methoxy groups -OCH3 is 1. The first-order valence-electron chi connectivity index (χ1n) is 10.3. The van der Waals surface area contributed by atoms with E-state index in [0.717, 1.165) is 32.1 Å². The molecule has 4 rings (SSSR count). The van der Waals surface area contributed by atoms with Crippen LogP contribution in [0.15, 0.2) is 29.9 Å². The summed E-state index contributed by atoms with van der Waals surface area (Å²) in [4.78, 5) is 0. The third-order valence-corrected chi connectivity index (χ3v) is 7.36. The van der Waals surface area contributed by atoms with E-state index < -0.39 is 0 Å². The minimum atomic E-state index is 0.0682. The average Bonchev–Trinajstić information content (AvgIpc) is 3.21. The van der Waals surface area contributed by atoms with Gasteiger partial charge in [-0.05, 0) is 73.1 Å². The summed E-state index contributed by atoms with van der Waals surface area (Å²) in [5, 5.41) is 22.8. The number of ether oxygens (including phenoxy) is 1. The zero-order valence-electron chi connectivity index (χ0n) is 17.2. The minimum Gasteiger partial charge on any atom is -0.504 e. The maximum absolute atomic E-state index is 10.2. The molecular weight excluding hydrogens is 352 g/mol. The lowest BCUT2D eigenvalue weighted by atomic mass is 9.53. The molecule has 6 nitrogen and oxygen atoms in total. The molecule has 3 unspecified atom stereocenters. The molecule has 0 radical (unpaired) electrons. The van der Waals surface area contributed by atoms with E-state index in [1.54, 1.807) is 24.4 Å². The van der Waals surface area contributed by atoms with Crippen molar-refractivity contribution in [2.75, 3.05) is 7.11 Å². The van der Waals surface area contributed by atoms with Crippen molar-refractivity contribution < 1.29 is 9.84 Å². The molecule has 0 saturated heterocycles. The third kappa shape index (κ3) is 2.99. The second kappa shape index (κ2) is 7.22. The second-order valence-electron chi connectivity index (χ2n) is 8.52. The Kier molecular flexibility index (Phi) is 4.89. The van der Waals surface area contributed by atoms with E-state index in [4.69, 9.17) is 9.84 Å². The van der Waals surface area contributed by atoms with Crippen LogP contribution in [-0.2, 0) is 6.42 Å². The van der Waals surface area contributed by atoms with Gasteiger partial charge in [-0.25, -0.2) is 4.68 Å². The van der Waals surface area contributed by atoms with Crippen LogP contribution in [0.25, 0.3) is 0 Å². The first kappa shape index (κ1) is 19.0. The van der Waals surface area contributed by atoms with Crippen LogP contribution >= 0.6 is 0 Å². The van der Waals surface area contributed by atoms with Gasteiger partial charge in [-0.3, -0.25) is 0 Å². The fourth-order valence-corrected chi connectivity index (χ4v) is 5.61. The number of fused-ring (bicyclic) bond motifs is 3. The molecule has 28 heavy (non-hydrogen) atoms. The molecule has 0 aliphatic heterocycles. The van der Waals surface area contributed by atoms with Crippen molar-refractivity contribution in [2.45, 2.75) is 58.8 Å². The highest BCUT2D eigenvalue weighted by Crippen LogP contribution is 2.56. The number of aromatic hydroxyl groups is 1. The quantitative estimate of drug-likeness (QED) is 0.796. The van der Waals surface area contributed by atoms with Gasteiger partial charge in [-0.1, -0.05) is 20.8 Å². The van der Waals surface area contributed by atoms with Crippen molar-refractivity contribution in [1.29, 1.82) is 0 Å². The topological polar surface area (TPSA) is 72.5 Å². The van der Waals surface area contributed by atoms with Crippen molar-refractivity contribution in [3.05, 3.63) is 35.9 Å². The molecular formula is C22H30N4O2. The predicted octanol–water partition coefficient (Wildman–Crippen LogP) is 4.39. The van der Waals surface area contributed by atoms with E-state index >= 15 is 0 Å². The number of aromatic nitrogens is 3. The molecule has 4 atom stereocenters. The summed E-state index contributed by atoms with van der Waals surface area (Å²) < 4.78 is 7.12. The van der Waals surface area contributed by atoms with Gasteiger partial charge in [0.1, 0.15) is 12.7 Å². The zero-order chi connectivity index (χ0) is 19.9. The van der Waals surface area contributed by atoms with Crippen molar-refractivity contribution in [1.82, 2.24) is 14.9 Å². The number of hydrogen-bond acceptors (Lipinski definition) is 5. The maximum Gasteiger partial charge on any atom is 0.160 e. The van der Waals surface area contributed by atoms with Crippen LogP contribution in [0, 0.1) is 17.3 Å². The molecule has 0 bridgehead atoms. The molecule has 6 heteroatoms. The number of phenolic OH excluding ortho intramolecular Hbond substituents is 1. The number of rotatable bonds is 4. The van der Waals surface area contributed by atoms with E-state index in [9.17, 15) is 5.11 Å². The van der Waals surface area contributed by atoms with Gasteiger partial charge < -0.3 is 9.84 Å². The Morgan fingerprint density at radius 3 is 2.75 bits per heavy atom. The number of aryl methyl sites for hydroxylation is 1. The van der Waals surface area contributed by atoms with Crippen molar-refractivity contribution in [2.24, 2.45) is 22.4 Å². The smallest absolute Gasteiger partial charge is 0.160 e. The first-order chi connectivity index (χ1) is 13.5. The van der Waals surface area contributed by atoms with Gasteiger partial charge in [0.05, 0.1) is 7.11 Å². The molecule has 1 heterocycles. The number of phenols is 1. The summed E-state index contributed by atoms with van der Waals surface area (Å²) in [5.74, 6) is 2.49. The lowest BCUT2D eigenvalue weighted by Gasteiger charge is -2.51. The Bertz CT molecular complexity index is 877. The number of hydrogen-bond donors (Lipinski definition) is 1. The summed E-state index contributed by atoms with van der Waals surface area (Å²) in [6.07, 6.45) is 8.65. The lowest BCUT2D eigenvalue weighted by molar-refractivity contribution is 0.0954. The van der Waals surface area contributed by atoms with Crippen LogP contribution < -0.4 is 4.74 Å². The molecule has 2 aliphatic carbocycles. The third-order valence-electron chi connectivity index (χ3n) is 7.36. The average molecular weight is 383 g/mol. The molecule has 0 spiro atoms. The van der Waals surface area contributed by atoms with Gasteiger partial charge in [0.2, 0.25) is 0 Å². The molecule has 1 aromatic heterocycles. The number of benzene rings is 1. The molecule has 2 aliphatic rings. The minimum absolute atomic E-state index is 0.0682. The highest BCUT2D eigenvalue weighted by atomic mass is 16.5. The van der Waals surface area contributed by atoms with Crippen LogP contribution in [0.4, 0.5) is 0 Å². The van der Waals surface area contributed by atoms with Gasteiger partial charge in [0.15, 0.2) is 11.5 Å². The molecule has 150 valence electrons. The monoisotopic (exact) mass is 382 g/mol. The summed E-state index contributed by atoms with van der Waals surface area (Å²) in [7, 11) is 1.62. The SMILES string of the molecule is CC/C(=N\n1cnnc1)[C@@]1(C)CCC2c3cc(OC)c(O)cc3CCC2C1C. The Labute approximate surface area is 166 Å². The predicted molar refractivity (Wildman–Crippen MR) is 109 cm³/mol. The fourth-order valence-electron chi connectivity index (χ4n) is 5.61. The highest BCUT2D eigenvalue weighted by Gasteiger charge is 2.48. The van der Waals surface area contributed by atoms with Crippen LogP contribution in [0.2, 0.25) is 0 Å². The Balaban J connectivity index is 1.67. The Hall–Kier alpha value is -2.37. The standard InChI is InChI=1S/C22H30N4O2/c1-5-21(25-26-12-23-24-13-26)22(3)9-8-17-16(14(22)2)7-6-15-10-19(27)20(28-4)11-18(15)17/h10-14,16-17,27H,5-9H2,1-4H3/b25-21+/t14?,16?,17?,22-/m0/s1. The van der Waals surface area contributed by atoms with E-state index in [1.165, 1.54) is 16.8 Å². The molecule has 2 aromatic rings. The van der Waals surface area contributed by atoms with Crippen LogP contribution in [0.3, 0.4) is 0 Å². The second-order valence-corrected chi connectivity index (χ2v) is 8.52. The van der Waals surface area contributed by atoms with Gasteiger partial charge in [0, 0.05) is 11.1 Å². The van der Waals surface area contributed by atoms with Gasteiger partial charge in [-0.2, -0.15) is 5.10 Å². The largest absolute Gasteiger partial charge is 0.504 e. The van der Waals surface area contributed by atoms with Crippen LogP contribution in [-0.4, -0.2) is 32.8 Å². The van der Waals surface area contributed by atoms with Gasteiger partial charge in [0.25, 0.3) is 0 Å². The molecule has 1 aromatic carbocycles. The molecule has 1 N–H and O–H groups in total. The highest BCUT2D eigenvalue weighted by molar-refractivity contribution is 5.90. The summed E-state index contributed by atoms with van der Waals surface area (Å²) in [6.45, 7) is 6.97. The summed E-state index contributed by atoms with van der Waals surface area (Å²) >= 11 is 0. The maximum atomic E-state index is 10.2. The van der Waals surface area contributed by atoms with Gasteiger partial charge >= 0.3 is 0 Å². The molecule has 1 saturated carbocycles. The summed E-state index contributed by atoms with van der Waals surface area (Å²) in [6, 6.07) is 3.98. The van der Waals surface area contributed by atoms with Crippen LogP contribution in [0.1, 0.15) is 63.5 Å². The zero-order valence-corrected chi connectivity index (χ0v) is 17.2. The van der Waals surface area contributed by atoms with Crippen molar-refractivity contribution >= 4 is 5.71 Å². The fraction of sp³-hybridized carbons (Fsp3) is 0.591. The first-order valence-corrected chi connectivity index (χ1v) is 10.3. The summed E-state index contributed by atoms with van der Waals surface area (Å²) in [5.41, 5.74) is 3.95. The normalized spacial score (nSPS) is 29.9. The van der Waals surface area contributed by atoms with E-state index in [2.05, 4.69) is 37.0 Å². The van der Waals surface area contributed by atoms with E-state index in [1.807, 2.05) is 6.07 Å². The Morgan fingerprint density at radius 1 is 1.32 bits per heavy atom. The van der Waals surface area contributed by atoms with E-state index in [0.29, 0.717) is 23.5 Å². The molecule has 0 amide bonds. The van der Waals surface area contributed by atoms with Crippen molar-refractivity contribution in [3.8, 4) is 11.5 Å². The Morgan fingerprint density at radius 2 is 2.07 bits per heavy atom. The van der Waals surface area contributed by atoms with E-state index in [-0.39, 0.29) is 11.2 Å². The molecule has 1 fully saturated rings. The number of nitrogens with zero attached hydrogens (tertiary/aromatic N) is 4. The lowest BCUT2D eigenvalue weighted by Crippen LogP contribution is -2.45. The van der Waals surface area contributed by atoms with Crippen molar-refractivity contribution in [3.63, 3.8) is 0 Å². The van der Waals surface area contributed by atoms with Crippen LogP contribution in [0.5, 0.6) is 11.5 Å².